The highest BCUT2D eigenvalue weighted by Gasteiger charge is 2.28. The molecule has 0 aromatic heterocycles. The van der Waals surface area contributed by atoms with E-state index in [-0.39, 0.29) is 6.61 Å². The normalized spacial score (nSPS) is 19.8. The van der Waals surface area contributed by atoms with Gasteiger partial charge in [0.05, 0.1) is 19.8 Å². The number of hydrogen-bond acceptors (Lipinski definition) is 4. The summed E-state index contributed by atoms with van der Waals surface area (Å²) in [6.45, 7) is 4.77. The van der Waals surface area contributed by atoms with E-state index in [1.165, 1.54) is 0 Å². The molecule has 1 amide bonds. The number of carboxylic acids is 1. The van der Waals surface area contributed by atoms with Gasteiger partial charge in [-0.25, -0.2) is 4.79 Å². The van der Waals surface area contributed by atoms with Crippen LogP contribution in [-0.2, 0) is 19.1 Å². The van der Waals surface area contributed by atoms with Crippen LogP contribution in [0.3, 0.4) is 0 Å². The van der Waals surface area contributed by atoms with Crippen LogP contribution >= 0.6 is 0 Å². The quantitative estimate of drug-likeness (QED) is 0.863. The van der Waals surface area contributed by atoms with Gasteiger partial charge in [-0.05, 0) is 30.5 Å². The van der Waals surface area contributed by atoms with Crippen molar-refractivity contribution in [3.63, 3.8) is 0 Å². The van der Waals surface area contributed by atoms with E-state index in [4.69, 9.17) is 9.47 Å². The van der Waals surface area contributed by atoms with Crippen molar-refractivity contribution < 1.29 is 24.2 Å². The van der Waals surface area contributed by atoms with Crippen molar-refractivity contribution in [3.8, 4) is 0 Å². The molecule has 2 unspecified atom stereocenters. The van der Waals surface area contributed by atoms with E-state index in [2.05, 4.69) is 5.32 Å². The number of benzene rings is 1. The van der Waals surface area contributed by atoms with E-state index in [0.717, 1.165) is 11.1 Å². The standard InChI is InChI=1S/C15H19NO5/c1-9-3-4-11(7-10(9)2)13(15(18)19)16-14(17)12-8-20-5-6-21-12/h3-4,7,12-13H,5-6,8H2,1-2H3,(H,16,17)(H,18,19). The van der Waals surface area contributed by atoms with Crippen molar-refractivity contribution in [2.45, 2.75) is 26.0 Å². The summed E-state index contributed by atoms with van der Waals surface area (Å²) < 4.78 is 10.4. The first kappa shape index (κ1) is 15.5. The van der Waals surface area contributed by atoms with E-state index >= 15 is 0 Å². The van der Waals surface area contributed by atoms with Gasteiger partial charge >= 0.3 is 5.97 Å². The van der Waals surface area contributed by atoms with E-state index in [0.29, 0.717) is 18.8 Å². The average molecular weight is 293 g/mol. The number of carboxylic acid groups (broad SMARTS) is 1. The van der Waals surface area contributed by atoms with Crippen LogP contribution in [-0.4, -0.2) is 42.9 Å². The van der Waals surface area contributed by atoms with Crippen molar-refractivity contribution in [2.24, 2.45) is 0 Å². The van der Waals surface area contributed by atoms with Crippen LogP contribution < -0.4 is 5.32 Å². The Kier molecular flexibility index (Phi) is 4.93. The minimum absolute atomic E-state index is 0.144. The molecule has 0 aliphatic carbocycles. The van der Waals surface area contributed by atoms with Crippen molar-refractivity contribution in [1.29, 1.82) is 0 Å². The van der Waals surface area contributed by atoms with Crippen LogP contribution in [0.15, 0.2) is 18.2 Å². The Morgan fingerprint density at radius 2 is 2.05 bits per heavy atom. The number of carbonyl (C=O) groups is 2. The van der Waals surface area contributed by atoms with Gasteiger partial charge in [0, 0.05) is 0 Å². The summed E-state index contributed by atoms with van der Waals surface area (Å²) in [5.41, 5.74) is 2.58. The molecule has 1 aromatic rings. The van der Waals surface area contributed by atoms with E-state index in [9.17, 15) is 14.7 Å². The molecule has 0 bridgehead atoms. The number of amides is 1. The fourth-order valence-corrected chi connectivity index (χ4v) is 2.11. The smallest absolute Gasteiger partial charge is 0.330 e. The molecular weight excluding hydrogens is 274 g/mol. The Morgan fingerprint density at radius 1 is 1.29 bits per heavy atom. The summed E-state index contributed by atoms with van der Waals surface area (Å²) in [6, 6.07) is 4.22. The summed E-state index contributed by atoms with van der Waals surface area (Å²) in [7, 11) is 0. The Bertz CT molecular complexity index is 537. The lowest BCUT2D eigenvalue weighted by molar-refractivity contribution is -0.152. The molecule has 1 heterocycles. The van der Waals surface area contributed by atoms with Gasteiger partial charge < -0.3 is 19.9 Å². The Morgan fingerprint density at radius 3 is 2.62 bits per heavy atom. The number of hydrogen-bond donors (Lipinski definition) is 2. The highest BCUT2D eigenvalue weighted by molar-refractivity contribution is 5.87. The van der Waals surface area contributed by atoms with Crippen LogP contribution in [0, 0.1) is 13.8 Å². The van der Waals surface area contributed by atoms with Gasteiger partial charge in [0.15, 0.2) is 12.1 Å². The maximum atomic E-state index is 12.1. The largest absolute Gasteiger partial charge is 0.479 e. The summed E-state index contributed by atoms with van der Waals surface area (Å²) in [6.07, 6.45) is -0.757. The second-order valence-electron chi connectivity index (χ2n) is 5.06. The van der Waals surface area contributed by atoms with Gasteiger partial charge in [0.25, 0.3) is 5.91 Å². The van der Waals surface area contributed by atoms with Crippen LogP contribution in [0.5, 0.6) is 0 Å². The predicted molar refractivity (Wildman–Crippen MR) is 75.0 cm³/mol. The minimum atomic E-state index is -1.11. The van der Waals surface area contributed by atoms with Crippen molar-refractivity contribution in [3.05, 3.63) is 34.9 Å². The van der Waals surface area contributed by atoms with Crippen LogP contribution in [0.25, 0.3) is 0 Å². The Balaban J connectivity index is 2.13. The molecule has 2 rings (SSSR count). The van der Waals surface area contributed by atoms with Crippen LogP contribution in [0.2, 0.25) is 0 Å². The third-order valence-corrected chi connectivity index (χ3v) is 3.51. The number of nitrogens with one attached hydrogen (secondary N) is 1. The number of aryl methyl sites for hydroxylation is 2. The molecule has 0 spiro atoms. The molecular formula is C15H19NO5. The summed E-state index contributed by atoms with van der Waals surface area (Å²) in [4.78, 5) is 23.5. The first-order chi connectivity index (χ1) is 9.99. The lowest BCUT2D eigenvalue weighted by Crippen LogP contribution is -2.45. The van der Waals surface area contributed by atoms with Crippen LogP contribution in [0.1, 0.15) is 22.7 Å². The highest BCUT2D eigenvalue weighted by atomic mass is 16.6. The molecule has 0 radical (unpaired) electrons. The third-order valence-electron chi connectivity index (χ3n) is 3.51. The van der Waals surface area contributed by atoms with Crippen molar-refractivity contribution >= 4 is 11.9 Å². The maximum absolute atomic E-state index is 12.1. The molecule has 1 aliphatic rings. The number of carbonyl (C=O) groups excluding carboxylic acids is 1. The lowest BCUT2D eigenvalue weighted by Gasteiger charge is -2.24. The zero-order chi connectivity index (χ0) is 15.4. The SMILES string of the molecule is Cc1ccc(C(NC(=O)C2COCCO2)C(=O)O)cc1C. The average Bonchev–Trinajstić information content (AvgIpc) is 2.48. The van der Waals surface area contributed by atoms with E-state index in [1.54, 1.807) is 12.1 Å². The molecule has 2 atom stereocenters. The number of ether oxygens (including phenoxy) is 2. The molecule has 1 fully saturated rings. The molecule has 1 aromatic carbocycles. The van der Waals surface area contributed by atoms with Crippen molar-refractivity contribution in [1.82, 2.24) is 5.32 Å². The van der Waals surface area contributed by atoms with Gasteiger partial charge in [-0.3, -0.25) is 4.79 Å². The van der Waals surface area contributed by atoms with Gasteiger partial charge in [-0.1, -0.05) is 18.2 Å². The molecule has 21 heavy (non-hydrogen) atoms. The molecule has 1 aliphatic heterocycles. The highest BCUT2D eigenvalue weighted by Crippen LogP contribution is 2.18. The lowest BCUT2D eigenvalue weighted by atomic mass is 10.0. The second-order valence-corrected chi connectivity index (χ2v) is 5.06. The van der Waals surface area contributed by atoms with Crippen LogP contribution in [0.4, 0.5) is 0 Å². The summed E-state index contributed by atoms with van der Waals surface area (Å²) >= 11 is 0. The zero-order valence-electron chi connectivity index (χ0n) is 12.1. The van der Waals surface area contributed by atoms with Gasteiger partial charge in [0.1, 0.15) is 0 Å². The minimum Gasteiger partial charge on any atom is -0.479 e. The summed E-state index contributed by atoms with van der Waals surface area (Å²) in [5.74, 6) is -1.58. The first-order valence-electron chi connectivity index (χ1n) is 6.78. The van der Waals surface area contributed by atoms with Gasteiger partial charge in [-0.15, -0.1) is 0 Å². The van der Waals surface area contributed by atoms with Crippen molar-refractivity contribution in [2.75, 3.05) is 19.8 Å². The van der Waals surface area contributed by atoms with E-state index in [1.807, 2.05) is 19.9 Å². The number of aliphatic carboxylic acids is 1. The fraction of sp³-hybridized carbons (Fsp3) is 0.467. The monoisotopic (exact) mass is 293 g/mol. The zero-order valence-corrected chi connectivity index (χ0v) is 12.1. The molecule has 2 N–H and O–H groups in total. The molecule has 0 saturated carbocycles. The summed E-state index contributed by atoms with van der Waals surface area (Å²) in [5, 5.41) is 11.9. The maximum Gasteiger partial charge on any atom is 0.330 e. The predicted octanol–water partition coefficient (Wildman–Crippen LogP) is 0.961. The topological polar surface area (TPSA) is 84.9 Å². The Hall–Kier alpha value is -1.92. The van der Waals surface area contributed by atoms with Gasteiger partial charge in [0.2, 0.25) is 0 Å². The van der Waals surface area contributed by atoms with Gasteiger partial charge in [-0.2, -0.15) is 0 Å². The third kappa shape index (κ3) is 3.80. The molecule has 6 heteroatoms. The Labute approximate surface area is 123 Å². The second kappa shape index (κ2) is 6.69. The number of rotatable bonds is 4. The fourth-order valence-electron chi connectivity index (χ4n) is 2.11. The van der Waals surface area contributed by atoms with E-state index < -0.39 is 24.0 Å². The molecule has 6 nitrogen and oxygen atoms in total. The molecule has 114 valence electrons. The molecule has 1 saturated heterocycles. The first-order valence-corrected chi connectivity index (χ1v) is 6.78.